The Balaban J connectivity index is 0.000000242. The molecule has 18 nitrogen and oxygen atoms in total. The molecule has 2 fully saturated rings. The molecule has 0 amide bonds. The summed E-state index contributed by atoms with van der Waals surface area (Å²) in [6.07, 6.45) is 26.3. The van der Waals surface area contributed by atoms with Crippen LogP contribution in [0.3, 0.4) is 0 Å². The van der Waals surface area contributed by atoms with E-state index in [0.29, 0.717) is 44.4 Å². The lowest BCUT2D eigenvalue weighted by molar-refractivity contribution is 0.0510. The van der Waals surface area contributed by atoms with E-state index >= 15 is 0 Å². The number of pyridine rings is 4. The van der Waals surface area contributed by atoms with Gasteiger partial charge in [-0.1, -0.05) is 54.2 Å². The maximum Gasteiger partial charge on any atom is 0.357 e. The molecule has 0 spiro atoms. The van der Waals surface area contributed by atoms with Crippen molar-refractivity contribution in [2.45, 2.75) is 60.3 Å². The highest BCUT2D eigenvalue weighted by molar-refractivity contribution is 6.02. The van der Waals surface area contributed by atoms with Crippen molar-refractivity contribution in [2.24, 2.45) is 11.8 Å². The number of esters is 2. The van der Waals surface area contributed by atoms with Crippen molar-refractivity contribution >= 4 is 45.6 Å². The summed E-state index contributed by atoms with van der Waals surface area (Å²) in [7, 11) is 0. The van der Waals surface area contributed by atoms with Gasteiger partial charge in [0.25, 0.3) is 5.56 Å². The maximum atomic E-state index is 13.1. The van der Waals surface area contributed by atoms with Crippen molar-refractivity contribution in [2.75, 3.05) is 55.8 Å². The van der Waals surface area contributed by atoms with E-state index in [4.69, 9.17) is 55.2 Å². The molecule has 0 unspecified atom stereocenters. The van der Waals surface area contributed by atoms with E-state index in [-0.39, 0.29) is 54.5 Å². The fourth-order valence-electron chi connectivity index (χ4n) is 9.61. The smallest absolute Gasteiger partial charge is 0.357 e. The zero-order valence-corrected chi connectivity index (χ0v) is 56.5. The maximum absolute atomic E-state index is 13.1. The van der Waals surface area contributed by atoms with Crippen LogP contribution < -0.4 is 20.1 Å². The molecule has 494 valence electrons. The van der Waals surface area contributed by atoms with Gasteiger partial charge in [0.05, 0.1) is 47.5 Å². The van der Waals surface area contributed by atoms with Crippen LogP contribution in [0.5, 0.6) is 5.88 Å². The number of terminal acetylenes is 4. The molecular formula is C84H62N12O6. The van der Waals surface area contributed by atoms with Gasteiger partial charge < -0.3 is 24.0 Å². The summed E-state index contributed by atoms with van der Waals surface area (Å²) in [5.74, 6) is 59.6. The molecule has 8 aromatic rings. The lowest BCUT2D eigenvalue weighted by Gasteiger charge is -2.30. The monoisotopic (exact) mass is 1330 g/mol. The second-order valence-corrected chi connectivity index (χ2v) is 20.5. The predicted molar refractivity (Wildman–Crippen MR) is 396 cm³/mol. The van der Waals surface area contributed by atoms with Crippen LogP contribution in [0.2, 0.25) is 0 Å². The standard InChI is InChI=1S/C33H26N6O3.C26H24N6O3.2C9H4.C7H4/c1-3-5-6-7-11-20-42-32-30-27(25-14-15-29(35-23-25)38-18-16-24(22-34)17-19-38)21-28(33(40)41-4-2)36-31(30)39(37-32)26-12-9-8-10-13-26;1-2-35-26(34)21-14-20(18-8-9-22(28-16-18)31-12-10-17(15-27)11-13-31)23-24(29-21)32(30-25(23)33)19-6-4-3-5-7-19;2*1-3-5-7-9-8-6-4-2;1-3-5-7-6-4-2/h1,8-10,12-15,21,23-24H,4,16-20H2,2H3;3-9,14,16-17H,2,10-13H2,1H3,(H,30,33);2*1H,2H3;1H,2H3. The highest BCUT2D eigenvalue weighted by Crippen LogP contribution is 2.37. The van der Waals surface area contributed by atoms with Crippen LogP contribution in [-0.4, -0.2) is 97.4 Å². The van der Waals surface area contributed by atoms with Crippen molar-refractivity contribution in [1.82, 2.24) is 39.5 Å². The first-order valence-corrected chi connectivity index (χ1v) is 31.4. The first kappa shape index (κ1) is 76.0. The molecule has 1 N–H and O–H groups in total. The normalized spacial score (nSPS) is 10.9. The van der Waals surface area contributed by atoms with Gasteiger partial charge in [-0.15, -0.1) is 30.8 Å². The SMILES string of the molecule is C#CC#CC#CC.C#CC#CC#CC#CC.C#CC#CC#CC#CC.C#CC#CC#CCOc1nn(-c2ccccc2)c2nc(C(=O)OCC)cc(-c3ccc(N4CCC(C#N)CC4)nc3)c12.CCOC(=O)c1cc(-c2ccc(N3CCC(C#N)CC3)nc2)c2c(=O)[nH]n(-c3ccccc3)c2n1. The minimum atomic E-state index is -0.561. The fraction of sp³-hybridized carbons (Fsp3) is 0.214. The molecule has 0 radical (unpaired) electrons. The molecule has 18 heteroatoms. The van der Waals surface area contributed by atoms with Crippen molar-refractivity contribution < 1.29 is 23.8 Å². The number of nitrogens with one attached hydrogen (secondary N) is 1. The van der Waals surface area contributed by atoms with E-state index in [1.165, 1.54) is 0 Å². The average Bonchev–Trinajstić information content (AvgIpc) is 1.58. The highest BCUT2D eigenvalue weighted by Gasteiger charge is 2.26. The van der Waals surface area contributed by atoms with Gasteiger partial charge in [0.2, 0.25) is 5.88 Å². The number of benzene rings is 2. The van der Waals surface area contributed by atoms with Crippen LogP contribution in [0.1, 0.15) is 81.3 Å². The number of fused-ring (bicyclic) bond motifs is 2. The van der Waals surface area contributed by atoms with E-state index in [9.17, 15) is 19.6 Å². The molecule has 6 aromatic heterocycles. The van der Waals surface area contributed by atoms with Crippen LogP contribution in [0, 0.1) is 202 Å². The van der Waals surface area contributed by atoms with E-state index < -0.39 is 11.9 Å². The van der Waals surface area contributed by atoms with Crippen molar-refractivity contribution in [3.8, 4) is 219 Å². The molecule has 10 rings (SSSR count). The van der Waals surface area contributed by atoms with Gasteiger partial charge in [0, 0.05) is 72.7 Å². The predicted octanol–water partition coefficient (Wildman–Crippen LogP) is 10.1. The molecule has 0 atom stereocenters. The van der Waals surface area contributed by atoms with E-state index in [2.05, 4.69) is 184 Å². The lowest BCUT2D eigenvalue weighted by atomic mass is 9.98. The number of piperidine rings is 2. The molecular weight excluding hydrogens is 1270 g/mol. The fourth-order valence-corrected chi connectivity index (χ4v) is 9.61. The molecule has 2 aromatic carbocycles. The summed E-state index contributed by atoms with van der Waals surface area (Å²) in [6, 6.07) is 34.4. The largest absolute Gasteiger partial charge is 0.463 e. The number of carbonyl (C=O) groups excluding carboxylic acids is 2. The first-order valence-electron chi connectivity index (χ1n) is 31.4. The number of anilines is 2. The minimum Gasteiger partial charge on any atom is -0.463 e. The number of H-pyrrole nitrogens is 1. The van der Waals surface area contributed by atoms with Crippen LogP contribution in [0.15, 0.2) is 114 Å². The molecule has 0 aliphatic carbocycles. The second-order valence-electron chi connectivity index (χ2n) is 20.5. The number of carbonyl (C=O) groups is 2. The highest BCUT2D eigenvalue weighted by atomic mass is 16.5. The zero-order valence-electron chi connectivity index (χ0n) is 56.5. The van der Waals surface area contributed by atoms with Crippen LogP contribution in [-0.2, 0) is 9.47 Å². The summed E-state index contributed by atoms with van der Waals surface area (Å²) < 4.78 is 19.7. The quantitative estimate of drug-likeness (QED) is 0.0888. The van der Waals surface area contributed by atoms with Crippen molar-refractivity contribution in [3.05, 3.63) is 131 Å². The van der Waals surface area contributed by atoms with E-state index in [1.807, 2.05) is 84.9 Å². The summed E-state index contributed by atoms with van der Waals surface area (Å²) in [4.78, 5) is 61.4. The van der Waals surface area contributed by atoms with Gasteiger partial charge in [0.15, 0.2) is 29.3 Å². The average molecular weight is 1340 g/mol. The van der Waals surface area contributed by atoms with Crippen LogP contribution in [0.4, 0.5) is 11.6 Å². The topological polar surface area (TPSA) is 223 Å². The number of nitrogens with zero attached hydrogens (tertiary/aromatic N) is 11. The molecule has 8 heterocycles. The molecule has 2 aliphatic rings. The Hall–Kier alpha value is -15.1. The second kappa shape index (κ2) is 42.4. The number of aromatic nitrogens is 8. The Morgan fingerprint density at radius 3 is 1.36 bits per heavy atom. The third-order valence-corrected chi connectivity index (χ3v) is 14.1. The van der Waals surface area contributed by atoms with Gasteiger partial charge in [-0.2, -0.15) is 10.5 Å². The Morgan fingerprint density at radius 2 is 0.941 bits per heavy atom. The molecule has 2 aliphatic heterocycles. The van der Waals surface area contributed by atoms with Gasteiger partial charge in [-0.3, -0.25) is 9.89 Å². The van der Waals surface area contributed by atoms with Gasteiger partial charge in [-0.05, 0) is 245 Å². The molecule has 102 heavy (non-hydrogen) atoms. The first-order chi connectivity index (χ1) is 49.9. The van der Waals surface area contributed by atoms with Crippen molar-refractivity contribution in [1.29, 1.82) is 10.5 Å². The van der Waals surface area contributed by atoms with Crippen LogP contribution >= 0.6 is 0 Å². The van der Waals surface area contributed by atoms with Gasteiger partial charge in [0.1, 0.15) is 11.6 Å². The van der Waals surface area contributed by atoms with Gasteiger partial charge in [-0.25, -0.2) is 38.9 Å². The number of rotatable bonds is 12. The Morgan fingerprint density at radius 1 is 0.529 bits per heavy atom. The lowest BCUT2D eigenvalue weighted by Crippen LogP contribution is -2.33. The van der Waals surface area contributed by atoms with Crippen LogP contribution in [0.25, 0.3) is 55.7 Å². The Kier molecular flexibility index (Phi) is 31.6. The van der Waals surface area contributed by atoms with Gasteiger partial charge >= 0.3 is 11.9 Å². The minimum absolute atomic E-state index is 0.00899. The number of nitriles is 2. The molecule has 0 bridgehead atoms. The molecule has 0 saturated carbocycles. The number of ether oxygens (including phenoxy) is 3. The van der Waals surface area contributed by atoms with E-state index in [1.54, 1.807) is 68.5 Å². The number of para-hydroxylation sites is 2. The summed E-state index contributed by atoms with van der Waals surface area (Å²) in [6.45, 7) is 12.1. The third-order valence-electron chi connectivity index (χ3n) is 14.1. The number of hydrogen-bond acceptors (Lipinski definition) is 15. The molecule has 2 saturated heterocycles. The Labute approximate surface area is 595 Å². The number of aromatic amines is 1. The van der Waals surface area contributed by atoms with E-state index in [0.717, 1.165) is 74.7 Å². The zero-order chi connectivity index (χ0) is 73.1. The van der Waals surface area contributed by atoms with Crippen molar-refractivity contribution in [3.63, 3.8) is 0 Å². The Bertz CT molecular complexity index is 5290. The summed E-state index contributed by atoms with van der Waals surface area (Å²) in [5, 5.41) is 26.9. The number of hydrogen-bond donors (Lipinski definition) is 1. The third kappa shape index (κ3) is 22.5. The summed E-state index contributed by atoms with van der Waals surface area (Å²) in [5.41, 5.74) is 4.77. The summed E-state index contributed by atoms with van der Waals surface area (Å²) >= 11 is 0.